The third-order valence-electron chi connectivity index (χ3n) is 3.22. The summed E-state index contributed by atoms with van der Waals surface area (Å²) in [5, 5.41) is 9.98. The van der Waals surface area contributed by atoms with Crippen molar-refractivity contribution in [3.05, 3.63) is 71.0 Å². The minimum atomic E-state index is -1.32. The smallest absolute Gasteiger partial charge is 0.131 e. The number of likely N-dealkylation sites (N-methyl/N-ethyl adjacent to an activating group) is 1. The highest BCUT2D eigenvalue weighted by atomic mass is 19.1. The number of nitrogens with zero attached hydrogens (tertiary/aromatic N) is 1. The quantitative estimate of drug-likeness (QED) is 0.915. The Morgan fingerprint density at radius 2 is 1.52 bits per heavy atom. The molecule has 21 heavy (non-hydrogen) atoms. The summed E-state index contributed by atoms with van der Waals surface area (Å²) in [5.74, 6) is -1.93. The van der Waals surface area contributed by atoms with Crippen molar-refractivity contribution in [3.8, 4) is 0 Å². The predicted octanol–water partition coefficient (Wildman–Crippen LogP) is 3.27. The number of hydrogen-bond donors (Lipinski definition) is 1. The van der Waals surface area contributed by atoms with Gasteiger partial charge in [-0.15, -0.1) is 0 Å². The van der Waals surface area contributed by atoms with Crippen molar-refractivity contribution in [1.29, 1.82) is 0 Å². The zero-order valence-electron chi connectivity index (χ0n) is 11.6. The number of aliphatic hydroxyl groups excluding tert-OH is 1. The fourth-order valence-electron chi connectivity index (χ4n) is 2.20. The van der Waals surface area contributed by atoms with Crippen molar-refractivity contribution in [2.45, 2.75) is 12.6 Å². The molecule has 2 rings (SSSR count). The van der Waals surface area contributed by atoms with Gasteiger partial charge in [-0.2, -0.15) is 0 Å². The minimum Gasteiger partial charge on any atom is -0.387 e. The molecule has 0 aliphatic carbocycles. The van der Waals surface area contributed by atoms with Gasteiger partial charge in [-0.3, -0.25) is 4.90 Å². The first kappa shape index (κ1) is 15.5. The summed E-state index contributed by atoms with van der Waals surface area (Å²) in [4.78, 5) is 1.61. The van der Waals surface area contributed by atoms with Gasteiger partial charge in [0.1, 0.15) is 17.5 Å². The Morgan fingerprint density at radius 3 is 2.14 bits per heavy atom. The molecule has 0 heterocycles. The van der Waals surface area contributed by atoms with Crippen molar-refractivity contribution in [1.82, 2.24) is 4.90 Å². The number of halogens is 3. The molecule has 0 radical (unpaired) electrons. The summed E-state index contributed by atoms with van der Waals surface area (Å²) in [6.07, 6.45) is -1.32. The molecule has 5 heteroatoms. The van der Waals surface area contributed by atoms with E-state index in [1.807, 2.05) is 0 Å². The Bertz CT molecular complexity index is 598. The lowest BCUT2D eigenvalue weighted by molar-refractivity contribution is 0.116. The Labute approximate surface area is 121 Å². The van der Waals surface area contributed by atoms with Gasteiger partial charge in [0.05, 0.1) is 11.7 Å². The molecule has 112 valence electrons. The molecule has 1 unspecified atom stereocenters. The van der Waals surface area contributed by atoms with E-state index in [1.54, 1.807) is 30.1 Å². The van der Waals surface area contributed by atoms with Crippen LogP contribution in [0.25, 0.3) is 0 Å². The number of rotatable bonds is 5. The number of aliphatic hydroxyl groups is 1. The second kappa shape index (κ2) is 6.74. The standard InChI is InChI=1S/C16H16F3NO/c1-20(9-11-5-2-3-6-12(11)17)10-15(21)16-13(18)7-4-8-14(16)19/h2-8,15,21H,9-10H2,1H3. The summed E-state index contributed by atoms with van der Waals surface area (Å²) >= 11 is 0. The summed E-state index contributed by atoms with van der Waals surface area (Å²) in [6.45, 7) is 0.228. The van der Waals surface area contributed by atoms with E-state index < -0.39 is 17.7 Å². The lowest BCUT2D eigenvalue weighted by atomic mass is 10.1. The molecule has 1 N–H and O–H groups in total. The molecule has 0 amide bonds. The van der Waals surface area contributed by atoms with Crippen LogP contribution in [-0.2, 0) is 6.54 Å². The molecule has 0 bridgehead atoms. The van der Waals surface area contributed by atoms with Crippen molar-refractivity contribution in [3.63, 3.8) is 0 Å². The van der Waals surface area contributed by atoms with Gasteiger partial charge in [0.2, 0.25) is 0 Å². The molecule has 2 aromatic rings. The molecular weight excluding hydrogens is 279 g/mol. The maximum atomic E-state index is 13.6. The van der Waals surface area contributed by atoms with Gasteiger partial charge in [0.25, 0.3) is 0 Å². The molecule has 0 aliphatic heterocycles. The molecule has 2 aromatic carbocycles. The molecule has 0 aliphatic rings. The van der Waals surface area contributed by atoms with Gasteiger partial charge in [0.15, 0.2) is 0 Å². The fraction of sp³-hybridized carbons (Fsp3) is 0.250. The van der Waals surface area contributed by atoms with Crippen LogP contribution in [0.5, 0.6) is 0 Å². The fourth-order valence-corrected chi connectivity index (χ4v) is 2.20. The van der Waals surface area contributed by atoms with Crippen molar-refractivity contribution >= 4 is 0 Å². The van der Waals surface area contributed by atoms with Crippen LogP contribution in [0.3, 0.4) is 0 Å². The zero-order valence-corrected chi connectivity index (χ0v) is 11.6. The molecule has 1 atom stereocenters. The highest BCUT2D eigenvalue weighted by Gasteiger charge is 2.19. The molecule has 0 fully saturated rings. The lowest BCUT2D eigenvalue weighted by Gasteiger charge is -2.21. The van der Waals surface area contributed by atoms with Gasteiger partial charge in [0, 0.05) is 18.7 Å². The first-order valence-electron chi connectivity index (χ1n) is 6.53. The van der Waals surface area contributed by atoms with Crippen molar-refractivity contribution < 1.29 is 18.3 Å². The molecule has 0 aromatic heterocycles. The molecule has 2 nitrogen and oxygen atoms in total. The van der Waals surface area contributed by atoms with Gasteiger partial charge < -0.3 is 5.11 Å². The monoisotopic (exact) mass is 295 g/mol. The largest absolute Gasteiger partial charge is 0.387 e. The van der Waals surface area contributed by atoms with Crippen LogP contribution in [0.4, 0.5) is 13.2 Å². The van der Waals surface area contributed by atoms with Gasteiger partial charge in [-0.05, 0) is 25.2 Å². The maximum absolute atomic E-state index is 13.6. The van der Waals surface area contributed by atoms with Crippen molar-refractivity contribution in [2.24, 2.45) is 0 Å². The normalized spacial score (nSPS) is 12.7. The topological polar surface area (TPSA) is 23.5 Å². The van der Waals surface area contributed by atoms with Crippen LogP contribution < -0.4 is 0 Å². The van der Waals surface area contributed by atoms with E-state index >= 15 is 0 Å². The van der Waals surface area contributed by atoms with Crippen LogP contribution in [0, 0.1) is 17.5 Å². The van der Waals surface area contributed by atoms with Crippen LogP contribution in [0.15, 0.2) is 42.5 Å². The third-order valence-corrected chi connectivity index (χ3v) is 3.22. The van der Waals surface area contributed by atoms with Crippen LogP contribution in [0.1, 0.15) is 17.2 Å². The first-order valence-corrected chi connectivity index (χ1v) is 6.53. The highest BCUT2D eigenvalue weighted by molar-refractivity contribution is 5.22. The van der Waals surface area contributed by atoms with Gasteiger partial charge in [-0.25, -0.2) is 13.2 Å². The second-order valence-corrected chi connectivity index (χ2v) is 4.94. The average molecular weight is 295 g/mol. The summed E-state index contributed by atoms with van der Waals surface area (Å²) in [6, 6.07) is 9.70. The Kier molecular flexibility index (Phi) is 4.98. The molecule has 0 spiro atoms. The predicted molar refractivity (Wildman–Crippen MR) is 74.1 cm³/mol. The SMILES string of the molecule is CN(Cc1ccccc1F)CC(O)c1c(F)cccc1F. The van der Waals surface area contributed by atoms with E-state index in [0.717, 1.165) is 12.1 Å². The third kappa shape index (κ3) is 3.83. The Morgan fingerprint density at radius 1 is 0.952 bits per heavy atom. The number of benzene rings is 2. The molecular formula is C16H16F3NO. The molecule has 0 saturated carbocycles. The van der Waals surface area contributed by atoms with E-state index in [2.05, 4.69) is 0 Å². The van der Waals surface area contributed by atoms with Crippen LogP contribution in [-0.4, -0.2) is 23.6 Å². The van der Waals surface area contributed by atoms with Crippen LogP contribution >= 0.6 is 0 Å². The molecule has 0 saturated heterocycles. The second-order valence-electron chi connectivity index (χ2n) is 4.94. The van der Waals surface area contributed by atoms with E-state index in [1.165, 1.54) is 12.1 Å². The summed E-state index contributed by atoms with van der Waals surface area (Å²) in [5.41, 5.74) is 0.0964. The summed E-state index contributed by atoms with van der Waals surface area (Å²) in [7, 11) is 1.65. The summed E-state index contributed by atoms with van der Waals surface area (Å²) < 4.78 is 40.7. The maximum Gasteiger partial charge on any atom is 0.131 e. The average Bonchev–Trinajstić information content (AvgIpc) is 2.41. The van der Waals surface area contributed by atoms with E-state index in [-0.39, 0.29) is 24.5 Å². The van der Waals surface area contributed by atoms with E-state index in [9.17, 15) is 18.3 Å². The van der Waals surface area contributed by atoms with Crippen LogP contribution in [0.2, 0.25) is 0 Å². The minimum absolute atomic E-state index is 0.00775. The highest BCUT2D eigenvalue weighted by Crippen LogP contribution is 2.22. The first-order chi connectivity index (χ1) is 9.99. The van der Waals surface area contributed by atoms with Gasteiger partial charge in [-0.1, -0.05) is 24.3 Å². The van der Waals surface area contributed by atoms with Crippen molar-refractivity contribution in [2.75, 3.05) is 13.6 Å². The van der Waals surface area contributed by atoms with Gasteiger partial charge >= 0.3 is 0 Å². The number of hydrogen-bond acceptors (Lipinski definition) is 2. The zero-order chi connectivity index (χ0) is 15.4. The Balaban J connectivity index is 2.06. The van der Waals surface area contributed by atoms with E-state index in [4.69, 9.17) is 0 Å². The van der Waals surface area contributed by atoms with E-state index in [0.29, 0.717) is 5.56 Å². The lowest BCUT2D eigenvalue weighted by Crippen LogP contribution is -2.25. The Hall–Kier alpha value is -1.85.